The number of fused-ring (bicyclic) bond motifs is 3. The van der Waals surface area contributed by atoms with Crippen LogP contribution in [0.4, 0.5) is 0 Å². The highest BCUT2D eigenvalue weighted by Gasteiger charge is 2.24. The maximum atomic E-state index is 12.5. The zero-order valence-electron chi connectivity index (χ0n) is 13.8. The SMILES string of the molecule is CCOC(=O)c1[nH]c2ccc3occc3c2c1-c1cccnc1OC. The molecule has 0 aliphatic carbocycles. The molecule has 6 nitrogen and oxygen atoms in total. The molecule has 1 aromatic carbocycles. The Bertz CT molecular complexity index is 1080. The molecule has 1 N–H and O–H groups in total. The van der Waals surface area contributed by atoms with Crippen molar-refractivity contribution in [3.63, 3.8) is 0 Å². The second kappa shape index (κ2) is 5.98. The highest BCUT2D eigenvalue weighted by Crippen LogP contribution is 2.40. The molecule has 6 heteroatoms. The normalized spacial score (nSPS) is 11.1. The number of carbonyl (C=O) groups excluding carboxylic acids is 1. The lowest BCUT2D eigenvalue weighted by Gasteiger charge is -2.09. The number of hydrogen-bond acceptors (Lipinski definition) is 5. The van der Waals surface area contributed by atoms with E-state index < -0.39 is 5.97 Å². The van der Waals surface area contributed by atoms with E-state index in [1.165, 1.54) is 0 Å². The monoisotopic (exact) mass is 336 g/mol. The van der Waals surface area contributed by atoms with E-state index in [0.29, 0.717) is 29.3 Å². The van der Waals surface area contributed by atoms with Gasteiger partial charge < -0.3 is 18.9 Å². The molecular weight excluding hydrogens is 320 g/mol. The number of esters is 1. The number of H-pyrrole nitrogens is 1. The summed E-state index contributed by atoms with van der Waals surface area (Å²) in [5, 5.41) is 1.78. The molecule has 4 rings (SSSR count). The van der Waals surface area contributed by atoms with Gasteiger partial charge in [0.2, 0.25) is 5.88 Å². The van der Waals surface area contributed by atoms with Gasteiger partial charge in [-0.15, -0.1) is 0 Å². The summed E-state index contributed by atoms with van der Waals surface area (Å²) in [6, 6.07) is 9.31. The molecule has 0 aliphatic rings. The lowest BCUT2D eigenvalue weighted by Crippen LogP contribution is -2.07. The molecule has 0 radical (unpaired) electrons. The van der Waals surface area contributed by atoms with Crippen LogP contribution < -0.4 is 4.74 Å². The Balaban J connectivity index is 2.13. The Morgan fingerprint density at radius 1 is 1.28 bits per heavy atom. The molecule has 0 aliphatic heterocycles. The number of carbonyl (C=O) groups is 1. The van der Waals surface area contributed by atoms with E-state index >= 15 is 0 Å². The van der Waals surface area contributed by atoms with Gasteiger partial charge in [-0.05, 0) is 37.3 Å². The van der Waals surface area contributed by atoms with Crippen molar-refractivity contribution in [1.29, 1.82) is 0 Å². The Kier molecular flexibility index (Phi) is 3.65. The van der Waals surface area contributed by atoms with Crippen LogP contribution in [0.15, 0.2) is 47.2 Å². The first kappa shape index (κ1) is 15.3. The largest absolute Gasteiger partial charge is 0.481 e. The van der Waals surface area contributed by atoms with Crippen molar-refractivity contribution >= 4 is 27.8 Å². The first-order valence-electron chi connectivity index (χ1n) is 7.93. The molecule has 126 valence electrons. The van der Waals surface area contributed by atoms with E-state index in [1.54, 1.807) is 32.6 Å². The smallest absolute Gasteiger partial charge is 0.355 e. The summed E-state index contributed by atoms with van der Waals surface area (Å²) < 4.78 is 16.2. The molecule has 0 saturated carbocycles. The van der Waals surface area contributed by atoms with Crippen molar-refractivity contribution in [2.45, 2.75) is 6.92 Å². The van der Waals surface area contributed by atoms with Crippen LogP contribution in [-0.2, 0) is 4.74 Å². The number of aromatic amines is 1. The van der Waals surface area contributed by atoms with Gasteiger partial charge in [0.25, 0.3) is 0 Å². The number of rotatable bonds is 4. The first-order valence-corrected chi connectivity index (χ1v) is 7.93. The summed E-state index contributed by atoms with van der Waals surface area (Å²) in [5.74, 6) is 0.0192. The number of nitrogens with zero attached hydrogens (tertiary/aromatic N) is 1. The number of nitrogens with one attached hydrogen (secondary N) is 1. The summed E-state index contributed by atoms with van der Waals surface area (Å²) in [4.78, 5) is 20.0. The third kappa shape index (κ3) is 2.34. The van der Waals surface area contributed by atoms with Gasteiger partial charge in [0, 0.05) is 33.6 Å². The van der Waals surface area contributed by atoms with Crippen LogP contribution in [0.2, 0.25) is 0 Å². The fourth-order valence-electron chi connectivity index (χ4n) is 3.11. The topological polar surface area (TPSA) is 77.4 Å². The molecular formula is C19H16N2O4. The number of aromatic nitrogens is 2. The first-order chi connectivity index (χ1) is 12.2. The number of hydrogen-bond donors (Lipinski definition) is 1. The van der Waals surface area contributed by atoms with Crippen molar-refractivity contribution in [3.8, 4) is 17.0 Å². The number of pyridine rings is 1. The van der Waals surface area contributed by atoms with E-state index in [2.05, 4.69) is 9.97 Å². The van der Waals surface area contributed by atoms with Crippen molar-refractivity contribution in [3.05, 3.63) is 48.5 Å². The average molecular weight is 336 g/mol. The third-order valence-corrected chi connectivity index (χ3v) is 4.11. The summed E-state index contributed by atoms with van der Waals surface area (Å²) in [6.45, 7) is 2.07. The van der Waals surface area contributed by atoms with Crippen LogP contribution in [0.1, 0.15) is 17.4 Å². The standard InChI is InChI=1S/C19H16N2O4/c1-3-24-19(22)17-16(12-5-4-9-20-18(12)23-2)15-11-8-10-25-14(11)7-6-13(15)21-17/h4-10,21H,3H2,1-2H3. The number of benzene rings is 1. The fourth-order valence-corrected chi connectivity index (χ4v) is 3.11. The van der Waals surface area contributed by atoms with Crippen molar-refractivity contribution < 1.29 is 18.7 Å². The summed E-state index contributed by atoms with van der Waals surface area (Å²) in [5.41, 5.74) is 3.35. The highest BCUT2D eigenvalue weighted by molar-refractivity contribution is 6.18. The number of furan rings is 1. The predicted octanol–water partition coefficient (Wildman–Crippen LogP) is 4.16. The number of methoxy groups -OCH3 is 1. The quantitative estimate of drug-likeness (QED) is 0.566. The zero-order chi connectivity index (χ0) is 17.4. The van der Waals surface area contributed by atoms with Gasteiger partial charge in [-0.25, -0.2) is 9.78 Å². The minimum absolute atomic E-state index is 0.291. The van der Waals surface area contributed by atoms with E-state index in [0.717, 1.165) is 21.9 Å². The molecule has 25 heavy (non-hydrogen) atoms. The molecule has 0 amide bonds. The Labute approximate surface area is 143 Å². The van der Waals surface area contributed by atoms with Crippen LogP contribution in [-0.4, -0.2) is 29.7 Å². The molecule has 0 fully saturated rings. The highest BCUT2D eigenvalue weighted by atomic mass is 16.5. The van der Waals surface area contributed by atoms with Crippen molar-refractivity contribution in [2.24, 2.45) is 0 Å². The van der Waals surface area contributed by atoms with Crippen LogP contribution in [0.5, 0.6) is 5.88 Å². The van der Waals surface area contributed by atoms with Crippen LogP contribution in [0.3, 0.4) is 0 Å². The molecule has 0 atom stereocenters. The maximum absolute atomic E-state index is 12.5. The van der Waals surface area contributed by atoms with Crippen LogP contribution >= 0.6 is 0 Å². The van der Waals surface area contributed by atoms with Crippen LogP contribution in [0.25, 0.3) is 33.0 Å². The summed E-state index contributed by atoms with van der Waals surface area (Å²) in [7, 11) is 1.55. The van der Waals surface area contributed by atoms with Gasteiger partial charge in [0.15, 0.2) is 0 Å². The average Bonchev–Trinajstić information content (AvgIpc) is 3.25. The molecule has 0 spiro atoms. The van der Waals surface area contributed by atoms with Gasteiger partial charge in [0.05, 0.1) is 20.0 Å². The third-order valence-electron chi connectivity index (χ3n) is 4.11. The van der Waals surface area contributed by atoms with Crippen molar-refractivity contribution in [1.82, 2.24) is 9.97 Å². The minimum Gasteiger partial charge on any atom is -0.481 e. The number of ether oxygens (including phenoxy) is 2. The summed E-state index contributed by atoms with van der Waals surface area (Å²) >= 11 is 0. The molecule has 3 aromatic heterocycles. The van der Waals surface area contributed by atoms with E-state index in [9.17, 15) is 4.79 Å². The maximum Gasteiger partial charge on any atom is 0.355 e. The minimum atomic E-state index is -0.420. The van der Waals surface area contributed by atoms with Gasteiger partial charge >= 0.3 is 5.97 Å². The zero-order valence-corrected chi connectivity index (χ0v) is 13.8. The Hall–Kier alpha value is -3.28. The van der Waals surface area contributed by atoms with Gasteiger partial charge in [-0.1, -0.05) is 0 Å². The van der Waals surface area contributed by atoms with Gasteiger partial charge in [-0.3, -0.25) is 0 Å². The Morgan fingerprint density at radius 3 is 2.96 bits per heavy atom. The van der Waals surface area contributed by atoms with Crippen molar-refractivity contribution in [2.75, 3.05) is 13.7 Å². The fraction of sp³-hybridized carbons (Fsp3) is 0.158. The van der Waals surface area contributed by atoms with Gasteiger partial charge in [0.1, 0.15) is 11.3 Å². The second-order valence-corrected chi connectivity index (χ2v) is 5.48. The lowest BCUT2D eigenvalue weighted by molar-refractivity contribution is 0.0521. The van der Waals surface area contributed by atoms with E-state index in [4.69, 9.17) is 13.9 Å². The molecule has 0 unspecified atom stereocenters. The predicted molar refractivity (Wildman–Crippen MR) is 93.8 cm³/mol. The van der Waals surface area contributed by atoms with E-state index in [1.807, 2.05) is 24.3 Å². The van der Waals surface area contributed by atoms with Crippen LogP contribution in [0, 0.1) is 0 Å². The summed E-state index contributed by atoms with van der Waals surface area (Å²) in [6.07, 6.45) is 3.28. The van der Waals surface area contributed by atoms with Gasteiger partial charge in [-0.2, -0.15) is 0 Å². The van der Waals surface area contributed by atoms with E-state index in [-0.39, 0.29) is 0 Å². The molecule has 4 aromatic rings. The molecule has 0 bridgehead atoms. The molecule has 3 heterocycles. The second-order valence-electron chi connectivity index (χ2n) is 5.48. The Morgan fingerprint density at radius 2 is 2.16 bits per heavy atom. The molecule has 0 saturated heterocycles. The lowest BCUT2D eigenvalue weighted by atomic mass is 10.0.